The average molecular weight is 284 g/mol. The summed E-state index contributed by atoms with van der Waals surface area (Å²) in [5.41, 5.74) is 1.34. The van der Waals surface area contributed by atoms with Gasteiger partial charge in [-0.2, -0.15) is 0 Å². The third-order valence-electron chi connectivity index (χ3n) is 4.24. The fourth-order valence-corrected chi connectivity index (χ4v) is 2.99. The van der Waals surface area contributed by atoms with Crippen molar-refractivity contribution in [3.8, 4) is 5.75 Å². The van der Waals surface area contributed by atoms with Gasteiger partial charge in [0.05, 0.1) is 7.11 Å². The number of rotatable bonds is 6. The number of nitrogens with zero attached hydrogens (tertiary/aromatic N) is 1. The second-order valence-corrected chi connectivity index (χ2v) is 5.77. The summed E-state index contributed by atoms with van der Waals surface area (Å²) < 4.78 is 5.26. The molecule has 1 heterocycles. The molecule has 0 amide bonds. The quantitative estimate of drug-likeness (QED) is 0.825. The van der Waals surface area contributed by atoms with Crippen LogP contribution in [0.3, 0.4) is 0 Å². The summed E-state index contributed by atoms with van der Waals surface area (Å²) >= 11 is 0. The Kier molecular flexibility index (Phi) is 4.73. The number of ether oxygens (including phenoxy) is 1. The highest BCUT2D eigenvalue weighted by Gasteiger charge is 2.09. The third-order valence-corrected chi connectivity index (χ3v) is 4.24. The summed E-state index contributed by atoms with van der Waals surface area (Å²) in [6.45, 7) is 5.74. The number of likely N-dealkylation sites (tertiary alicyclic amines) is 1. The number of benzene rings is 2. The average Bonchev–Trinajstić information content (AvgIpc) is 3.04. The van der Waals surface area contributed by atoms with Crippen LogP contribution in [-0.2, 0) is 6.54 Å². The van der Waals surface area contributed by atoms with Crippen molar-refractivity contribution in [2.24, 2.45) is 0 Å². The molecule has 1 aliphatic heterocycles. The van der Waals surface area contributed by atoms with Crippen molar-refractivity contribution in [2.45, 2.75) is 19.4 Å². The van der Waals surface area contributed by atoms with Crippen LogP contribution < -0.4 is 10.1 Å². The molecular formula is C18H24N2O. The normalized spacial score (nSPS) is 15.7. The van der Waals surface area contributed by atoms with Crippen LogP contribution in [-0.4, -0.2) is 38.2 Å². The van der Waals surface area contributed by atoms with E-state index in [2.05, 4.69) is 40.5 Å². The van der Waals surface area contributed by atoms with E-state index in [1.54, 1.807) is 7.11 Å². The first kappa shape index (κ1) is 14.4. The molecule has 0 spiro atoms. The highest BCUT2D eigenvalue weighted by molar-refractivity contribution is 5.84. The molecule has 0 aliphatic carbocycles. The second kappa shape index (κ2) is 6.92. The van der Waals surface area contributed by atoms with Crippen LogP contribution in [0.4, 0.5) is 0 Å². The Morgan fingerprint density at radius 3 is 2.62 bits per heavy atom. The number of hydrogen-bond donors (Lipinski definition) is 1. The Balaban J connectivity index is 1.54. The van der Waals surface area contributed by atoms with Crippen LogP contribution in [0.15, 0.2) is 36.4 Å². The number of hydrogen-bond acceptors (Lipinski definition) is 3. The van der Waals surface area contributed by atoms with Crippen LogP contribution in [0.1, 0.15) is 18.4 Å². The summed E-state index contributed by atoms with van der Waals surface area (Å²) in [5.74, 6) is 0.916. The molecule has 0 radical (unpaired) electrons. The standard InChI is InChI=1S/C18H24N2O/c1-21-18-7-6-16-12-15(4-5-17(16)13-18)14-19-8-11-20-9-2-3-10-20/h4-7,12-13,19H,2-3,8-11,14H2,1H3. The zero-order valence-electron chi connectivity index (χ0n) is 12.8. The molecule has 2 aromatic rings. The highest BCUT2D eigenvalue weighted by Crippen LogP contribution is 2.21. The van der Waals surface area contributed by atoms with E-state index in [0.29, 0.717) is 0 Å². The maximum absolute atomic E-state index is 5.26. The Morgan fingerprint density at radius 2 is 1.81 bits per heavy atom. The molecule has 1 fully saturated rings. The van der Waals surface area contributed by atoms with E-state index in [4.69, 9.17) is 4.74 Å². The van der Waals surface area contributed by atoms with E-state index in [1.165, 1.54) is 48.8 Å². The summed E-state index contributed by atoms with van der Waals surface area (Å²) in [5, 5.41) is 6.05. The van der Waals surface area contributed by atoms with Crippen molar-refractivity contribution >= 4 is 10.8 Å². The summed E-state index contributed by atoms with van der Waals surface area (Å²) in [7, 11) is 1.71. The monoisotopic (exact) mass is 284 g/mol. The van der Waals surface area contributed by atoms with E-state index in [-0.39, 0.29) is 0 Å². The molecule has 0 unspecified atom stereocenters. The molecule has 3 heteroatoms. The Morgan fingerprint density at radius 1 is 1.05 bits per heavy atom. The maximum atomic E-state index is 5.26. The summed E-state index contributed by atoms with van der Waals surface area (Å²) in [6, 6.07) is 12.9. The minimum Gasteiger partial charge on any atom is -0.497 e. The fourth-order valence-electron chi connectivity index (χ4n) is 2.99. The van der Waals surface area contributed by atoms with Crippen molar-refractivity contribution < 1.29 is 4.74 Å². The van der Waals surface area contributed by atoms with Crippen molar-refractivity contribution in [3.63, 3.8) is 0 Å². The third kappa shape index (κ3) is 3.74. The van der Waals surface area contributed by atoms with Crippen LogP contribution in [0.5, 0.6) is 5.75 Å². The molecule has 0 aromatic heterocycles. The maximum Gasteiger partial charge on any atom is 0.119 e. The molecular weight excluding hydrogens is 260 g/mol. The van der Waals surface area contributed by atoms with E-state index < -0.39 is 0 Å². The smallest absolute Gasteiger partial charge is 0.119 e. The van der Waals surface area contributed by atoms with Gasteiger partial charge in [-0.25, -0.2) is 0 Å². The first-order valence-electron chi connectivity index (χ1n) is 7.85. The van der Waals surface area contributed by atoms with E-state index in [0.717, 1.165) is 18.8 Å². The number of fused-ring (bicyclic) bond motifs is 1. The van der Waals surface area contributed by atoms with Gasteiger partial charge in [0.2, 0.25) is 0 Å². The lowest BCUT2D eigenvalue weighted by molar-refractivity contribution is 0.335. The van der Waals surface area contributed by atoms with Crippen molar-refractivity contribution in [3.05, 3.63) is 42.0 Å². The molecule has 2 aromatic carbocycles. The molecule has 3 nitrogen and oxygen atoms in total. The lowest BCUT2D eigenvalue weighted by Gasteiger charge is -2.14. The van der Waals surface area contributed by atoms with Crippen LogP contribution in [0.2, 0.25) is 0 Å². The van der Waals surface area contributed by atoms with Gasteiger partial charge in [-0.05, 0) is 60.5 Å². The molecule has 112 valence electrons. The number of methoxy groups -OCH3 is 1. The first-order chi connectivity index (χ1) is 10.3. The second-order valence-electron chi connectivity index (χ2n) is 5.77. The van der Waals surface area contributed by atoms with Gasteiger partial charge in [0.25, 0.3) is 0 Å². The van der Waals surface area contributed by atoms with Crippen molar-refractivity contribution in [2.75, 3.05) is 33.3 Å². The van der Waals surface area contributed by atoms with Crippen molar-refractivity contribution in [1.82, 2.24) is 10.2 Å². The van der Waals surface area contributed by atoms with Gasteiger partial charge in [0, 0.05) is 19.6 Å². The fraction of sp³-hybridized carbons (Fsp3) is 0.444. The summed E-state index contributed by atoms with van der Waals surface area (Å²) in [4.78, 5) is 2.54. The molecule has 0 saturated carbocycles. The molecule has 1 N–H and O–H groups in total. The summed E-state index contributed by atoms with van der Waals surface area (Å²) in [6.07, 6.45) is 2.74. The molecule has 1 aliphatic rings. The van der Waals surface area contributed by atoms with E-state index in [9.17, 15) is 0 Å². The molecule has 21 heavy (non-hydrogen) atoms. The predicted octanol–water partition coefficient (Wildman–Crippen LogP) is 3.03. The van der Waals surface area contributed by atoms with Gasteiger partial charge < -0.3 is 15.0 Å². The Hall–Kier alpha value is -1.58. The van der Waals surface area contributed by atoms with E-state index >= 15 is 0 Å². The minimum atomic E-state index is 0.916. The molecule has 0 bridgehead atoms. The van der Waals surface area contributed by atoms with Gasteiger partial charge in [-0.1, -0.05) is 18.2 Å². The minimum absolute atomic E-state index is 0.916. The molecule has 0 atom stereocenters. The van der Waals surface area contributed by atoms with Gasteiger partial charge in [0.1, 0.15) is 5.75 Å². The van der Waals surface area contributed by atoms with Gasteiger partial charge >= 0.3 is 0 Å². The van der Waals surface area contributed by atoms with E-state index in [1.807, 2.05) is 6.07 Å². The first-order valence-corrected chi connectivity index (χ1v) is 7.85. The Bertz CT molecular complexity index is 591. The van der Waals surface area contributed by atoms with Crippen molar-refractivity contribution in [1.29, 1.82) is 0 Å². The van der Waals surface area contributed by atoms with Crippen LogP contribution >= 0.6 is 0 Å². The zero-order valence-corrected chi connectivity index (χ0v) is 12.8. The molecule has 1 saturated heterocycles. The Labute approximate surface area is 126 Å². The SMILES string of the molecule is COc1ccc2cc(CNCCN3CCCC3)ccc2c1. The lowest BCUT2D eigenvalue weighted by atomic mass is 10.1. The van der Waals surface area contributed by atoms with Gasteiger partial charge in [-0.15, -0.1) is 0 Å². The number of nitrogens with one attached hydrogen (secondary N) is 1. The topological polar surface area (TPSA) is 24.5 Å². The van der Waals surface area contributed by atoms with Gasteiger partial charge in [-0.3, -0.25) is 0 Å². The van der Waals surface area contributed by atoms with Crippen LogP contribution in [0, 0.1) is 0 Å². The molecule has 3 rings (SSSR count). The highest BCUT2D eigenvalue weighted by atomic mass is 16.5. The largest absolute Gasteiger partial charge is 0.497 e. The van der Waals surface area contributed by atoms with Crippen LogP contribution in [0.25, 0.3) is 10.8 Å². The van der Waals surface area contributed by atoms with Gasteiger partial charge in [0.15, 0.2) is 0 Å². The predicted molar refractivity (Wildman–Crippen MR) is 87.9 cm³/mol. The lowest BCUT2D eigenvalue weighted by Crippen LogP contribution is -2.29. The zero-order chi connectivity index (χ0) is 14.5.